The van der Waals surface area contributed by atoms with Crippen molar-refractivity contribution in [2.24, 2.45) is 0 Å². The number of nitrogens with zero attached hydrogens (tertiary/aromatic N) is 2. The van der Waals surface area contributed by atoms with E-state index in [4.69, 9.17) is 16.6 Å². The van der Waals surface area contributed by atoms with Gasteiger partial charge >= 0.3 is 0 Å². The van der Waals surface area contributed by atoms with Gasteiger partial charge in [-0.15, -0.1) is 0 Å². The van der Waals surface area contributed by atoms with Crippen LogP contribution < -0.4 is 4.90 Å². The van der Waals surface area contributed by atoms with E-state index >= 15 is 0 Å². The van der Waals surface area contributed by atoms with Crippen molar-refractivity contribution in [3.63, 3.8) is 0 Å². The van der Waals surface area contributed by atoms with E-state index in [1.165, 1.54) is 16.7 Å². The molecule has 144 valence electrons. The van der Waals surface area contributed by atoms with Crippen molar-refractivity contribution in [2.75, 3.05) is 11.4 Å². The molecule has 0 aliphatic carbocycles. The number of fused-ring (bicyclic) bond motifs is 1. The minimum Gasteiger partial charge on any atom is -0.467 e. The second kappa shape index (κ2) is 7.85. The van der Waals surface area contributed by atoms with Crippen molar-refractivity contribution in [1.29, 1.82) is 0 Å². The second-order valence-electron chi connectivity index (χ2n) is 6.51. The molecule has 0 unspecified atom stereocenters. The molecule has 1 saturated heterocycles. The van der Waals surface area contributed by atoms with E-state index in [2.05, 4.69) is 22.9 Å². The molecule has 0 bridgehead atoms. The molecular weight excluding hydrogens is 460 g/mol. The summed E-state index contributed by atoms with van der Waals surface area (Å²) in [6.45, 7) is 2.97. The number of hydrogen-bond donors (Lipinski definition) is 0. The number of anilines is 1. The van der Waals surface area contributed by atoms with Gasteiger partial charge in [-0.3, -0.25) is 14.5 Å². The molecule has 1 aromatic carbocycles. The highest BCUT2D eigenvalue weighted by atomic mass is 79.9. The number of carbonyl (C=O) groups is 2. The SMILES string of the molecule is CCCCN1C(=O)C(=C2SC(=S)N(Cc3ccco3)C2=O)c2cc(Br)ccc21. The van der Waals surface area contributed by atoms with Gasteiger partial charge in [0.25, 0.3) is 11.8 Å². The van der Waals surface area contributed by atoms with Gasteiger partial charge in [0.15, 0.2) is 0 Å². The summed E-state index contributed by atoms with van der Waals surface area (Å²) in [5, 5.41) is 0. The molecule has 2 aliphatic rings. The third-order valence-electron chi connectivity index (χ3n) is 4.68. The number of halogens is 1. The maximum atomic E-state index is 13.2. The third kappa shape index (κ3) is 3.33. The molecule has 5 nitrogen and oxygen atoms in total. The van der Waals surface area contributed by atoms with Crippen molar-refractivity contribution in [2.45, 2.75) is 26.3 Å². The summed E-state index contributed by atoms with van der Waals surface area (Å²) < 4.78 is 6.64. The van der Waals surface area contributed by atoms with Crippen molar-refractivity contribution < 1.29 is 14.0 Å². The Morgan fingerprint density at radius 1 is 1.18 bits per heavy atom. The topological polar surface area (TPSA) is 53.8 Å². The number of thiocarbonyl (C=S) groups is 1. The Bertz CT molecular complexity index is 1000. The Labute approximate surface area is 180 Å². The Hall–Kier alpha value is -1.90. The lowest BCUT2D eigenvalue weighted by molar-refractivity contribution is -0.123. The smallest absolute Gasteiger partial charge is 0.267 e. The van der Waals surface area contributed by atoms with Crippen LogP contribution in [-0.4, -0.2) is 27.6 Å². The van der Waals surface area contributed by atoms with Crippen LogP contribution in [0.4, 0.5) is 5.69 Å². The van der Waals surface area contributed by atoms with Crippen LogP contribution in [0.15, 0.2) is 50.4 Å². The molecule has 28 heavy (non-hydrogen) atoms. The van der Waals surface area contributed by atoms with Gasteiger partial charge in [-0.25, -0.2) is 0 Å². The average Bonchev–Trinajstić information content (AvgIpc) is 3.34. The van der Waals surface area contributed by atoms with E-state index in [-0.39, 0.29) is 18.4 Å². The molecule has 2 amide bonds. The van der Waals surface area contributed by atoms with E-state index in [0.29, 0.717) is 27.1 Å². The standard InChI is InChI=1S/C20H17BrN2O3S2/c1-2-3-8-22-15-7-6-12(21)10-14(15)16(18(22)24)17-19(25)23(20(27)28-17)11-13-5-4-9-26-13/h4-7,9-10H,2-3,8,11H2,1H3. The Morgan fingerprint density at radius 2 is 2.00 bits per heavy atom. The van der Waals surface area contributed by atoms with Crippen LogP contribution in [0.1, 0.15) is 31.1 Å². The maximum Gasteiger partial charge on any atom is 0.267 e. The van der Waals surface area contributed by atoms with Crippen LogP contribution >= 0.6 is 39.9 Å². The van der Waals surface area contributed by atoms with Crippen LogP contribution in [0.3, 0.4) is 0 Å². The fraction of sp³-hybridized carbons (Fsp3) is 0.250. The van der Waals surface area contributed by atoms with Crippen LogP contribution in [0.25, 0.3) is 5.57 Å². The quantitative estimate of drug-likeness (QED) is 0.450. The lowest BCUT2D eigenvalue weighted by Crippen LogP contribution is -2.29. The number of benzene rings is 1. The summed E-state index contributed by atoms with van der Waals surface area (Å²) in [5.41, 5.74) is 2.05. The summed E-state index contributed by atoms with van der Waals surface area (Å²) in [6, 6.07) is 9.30. The Morgan fingerprint density at radius 3 is 2.71 bits per heavy atom. The van der Waals surface area contributed by atoms with E-state index in [1.807, 2.05) is 18.2 Å². The number of furan rings is 1. The van der Waals surface area contributed by atoms with E-state index in [9.17, 15) is 9.59 Å². The normalized spacial score (nSPS) is 19.1. The van der Waals surface area contributed by atoms with Gasteiger partial charge in [0, 0.05) is 16.6 Å². The first-order valence-corrected chi connectivity index (χ1v) is 10.9. The predicted octanol–water partition coefficient (Wildman–Crippen LogP) is 4.96. The molecule has 3 heterocycles. The zero-order chi connectivity index (χ0) is 19.8. The van der Waals surface area contributed by atoms with Gasteiger partial charge in [-0.2, -0.15) is 0 Å². The number of hydrogen-bond acceptors (Lipinski definition) is 5. The molecule has 0 N–H and O–H groups in total. The Balaban J connectivity index is 1.76. The molecule has 2 aromatic rings. The molecule has 2 aliphatic heterocycles. The minimum atomic E-state index is -0.252. The lowest BCUT2D eigenvalue weighted by Gasteiger charge is -2.16. The molecule has 1 fully saturated rings. The first-order chi connectivity index (χ1) is 13.5. The lowest BCUT2D eigenvalue weighted by atomic mass is 10.1. The average molecular weight is 477 g/mol. The van der Waals surface area contributed by atoms with Crippen molar-refractivity contribution in [3.8, 4) is 0 Å². The minimum absolute atomic E-state index is 0.139. The van der Waals surface area contributed by atoms with Crippen molar-refractivity contribution >= 4 is 67.3 Å². The number of unbranched alkanes of at least 4 members (excludes halogenated alkanes) is 1. The van der Waals surface area contributed by atoms with Gasteiger partial charge in [0.2, 0.25) is 0 Å². The van der Waals surface area contributed by atoms with Gasteiger partial charge in [0.1, 0.15) is 10.1 Å². The molecule has 0 atom stereocenters. The molecule has 4 rings (SSSR count). The number of carbonyl (C=O) groups excluding carboxylic acids is 2. The summed E-state index contributed by atoms with van der Waals surface area (Å²) in [5.74, 6) is 0.256. The molecule has 0 saturated carbocycles. The van der Waals surface area contributed by atoms with E-state index < -0.39 is 0 Å². The van der Waals surface area contributed by atoms with Gasteiger partial charge in [0.05, 0.1) is 29.0 Å². The van der Waals surface area contributed by atoms with Crippen LogP contribution in [0.5, 0.6) is 0 Å². The molecule has 0 radical (unpaired) electrons. The maximum absolute atomic E-state index is 13.2. The summed E-state index contributed by atoms with van der Waals surface area (Å²) >= 11 is 10.1. The van der Waals surface area contributed by atoms with Crippen LogP contribution in [0, 0.1) is 0 Å². The predicted molar refractivity (Wildman–Crippen MR) is 118 cm³/mol. The summed E-state index contributed by atoms with van der Waals surface area (Å²) in [4.78, 5) is 30.0. The zero-order valence-electron chi connectivity index (χ0n) is 15.1. The first-order valence-electron chi connectivity index (χ1n) is 8.93. The van der Waals surface area contributed by atoms with Crippen LogP contribution in [-0.2, 0) is 16.1 Å². The highest BCUT2D eigenvalue weighted by molar-refractivity contribution is 9.10. The molecule has 0 spiro atoms. The summed E-state index contributed by atoms with van der Waals surface area (Å²) in [7, 11) is 0. The highest BCUT2D eigenvalue weighted by Crippen LogP contribution is 2.45. The van der Waals surface area contributed by atoms with E-state index in [1.54, 1.807) is 23.3 Å². The monoisotopic (exact) mass is 476 g/mol. The van der Waals surface area contributed by atoms with Crippen LogP contribution in [0.2, 0.25) is 0 Å². The number of thioether (sulfide) groups is 1. The highest BCUT2D eigenvalue weighted by Gasteiger charge is 2.42. The molecule has 1 aromatic heterocycles. The van der Waals surface area contributed by atoms with E-state index in [0.717, 1.165) is 28.6 Å². The fourth-order valence-electron chi connectivity index (χ4n) is 3.31. The van der Waals surface area contributed by atoms with Gasteiger partial charge in [-0.05, 0) is 36.8 Å². The first kappa shape index (κ1) is 19.4. The largest absolute Gasteiger partial charge is 0.467 e. The molecule has 8 heteroatoms. The number of rotatable bonds is 5. The van der Waals surface area contributed by atoms with Gasteiger partial charge in [-0.1, -0.05) is 53.3 Å². The van der Waals surface area contributed by atoms with Crippen molar-refractivity contribution in [1.82, 2.24) is 4.90 Å². The van der Waals surface area contributed by atoms with Crippen molar-refractivity contribution in [3.05, 3.63) is 57.3 Å². The number of amides is 2. The Kier molecular flexibility index (Phi) is 5.44. The fourth-order valence-corrected chi connectivity index (χ4v) is 4.99. The van der Waals surface area contributed by atoms with Gasteiger partial charge < -0.3 is 9.32 Å². The molecular formula is C20H17BrN2O3S2. The zero-order valence-corrected chi connectivity index (χ0v) is 18.3. The summed E-state index contributed by atoms with van der Waals surface area (Å²) in [6.07, 6.45) is 3.44. The second-order valence-corrected chi connectivity index (χ2v) is 9.07. The third-order valence-corrected chi connectivity index (χ3v) is 6.62.